The number of halogens is 1. The zero-order valence-electron chi connectivity index (χ0n) is 12.4. The molecule has 0 bridgehead atoms. The topological polar surface area (TPSA) is 32.3 Å². The molecular weight excluding hydrogens is 296 g/mol. The van der Waals surface area contributed by atoms with Gasteiger partial charge < -0.3 is 10.2 Å². The molecule has 0 radical (unpaired) electrons. The molecule has 3 nitrogen and oxygen atoms in total. The van der Waals surface area contributed by atoms with Crippen LogP contribution in [0.2, 0.25) is 0 Å². The van der Waals surface area contributed by atoms with Crippen molar-refractivity contribution in [3.63, 3.8) is 0 Å². The number of benzene rings is 2. The van der Waals surface area contributed by atoms with Gasteiger partial charge in [0.25, 0.3) is 0 Å². The molecule has 1 fully saturated rings. The molecule has 2 aromatic carbocycles. The highest BCUT2D eigenvalue weighted by Gasteiger charge is 2.32. The van der Waals surface area contributed by atoms with Gasteiger partial charge in [-0.2, -0.15) is 0 Å². The van der Waals surface area contributed by atoms with Gasteiger partial charge >= 0.3 is 0 Å². The highest BCUT2D eigenvalue weighted by Crippen LogP contribution is 2.28. The van der Waals surface area contributed by atoms with Crippen LogP contribution in [0.4, 0.5) is 5.69 Å². The first-order chi connectivity index (χ1) is 10.3. The molecule has 22 heavy (non-hydrogen) atoms. The second-order valence-electron chi connectivity index (χ2n) is 5.46. The third-order valence-corrected chi connectivity index (χ3v) is 3.72. The Hall–Kier alpha value is -2.00. The zero-order valence-corrected chi connectivity index (χ0v) is 13.3. The Balaban J connectivity index is 0.00000176. The van der Waals surface area contributed by atoms with E-state index in [1.54, 1.807) is 0 Å². The molecule has 1 aliphatic rings. The summed E-state index contributed by atoms with van der Waals surface area (Å²) in [5, 5.41) is 3.20. The highest BCUT2D eigenvalue weighted by atomic mass is 35.5. The van der Waals surface area contributed by atoms with E-state index in [0.29, 0.717) is 19.1 Å². The van der Waals surface area contributed by atoms with E-state index in [1.165, 1.54) is 5.56 Å². The number of rotatable bonds is 6. The molecule has 0 unspecified atom stereocenters. The lowest BCUT2D eigenvalue weighted by Crippen LogP contribution is -2.36. The van der Waals surface area contributed by atoms with Crippen LogP contribution in [0.1, 0.15) is 18.4 Å². The van der Waals surface area contributed by atoms with Crippen molar-refractivity contribution in [3.05, 3.63) is 66.2 Å². The van der Waals surface area contributed by atoms with E-state index < -0.39 is 0 Å². The fourth-order valence-electron chi connectivity index (χ4n) is 2.42. The molecule has 0 saturated heterocycles. The van der Waals surface area contributed by atoms with Gasteiger partial charge in [-0.05, 0) is 30.5 Å². The Labute approximate surface area is 137 Å². The van der Waals surface area contributed by atoms with E-state index in [2.05, 4.69) is 17.4 Å². The van der Waals surface area contributed by atoms with Gasteiger partial charge in [0.05, 0.1) is 6.54 Å². The Morgan fingerprint density at radius 2 is 1.59 bits per heavy atom. The van der Waals surface area contributed by atoms with Crippen LogP contribution in [-0.4, -0.2) is 23.4 Å². The minimum atomic E-state index is 0. The van der Waals surface area contributed by atoms with E-state index in [-0.39, 0.29) is 18.3 Å². The summed E-state index contributed by atoms with van der Waals surface area (Å²) in [7, 11) is 0. The molecule has 3 rings (SSSR count). The predicted octanol–water partition coefficient (Wildman–Crippen LogP) is 3.71. The van der Waals surface area contributed by atoms with Crippen molar-refractivity contribution in [2.24, 2.45) is 0 Å². The zero-order chi connectivity index (χ0) is 14.5. The van der Waals surface area contributed by atoms with Gasteiger partial charge in [0.2, 0.25) is 5.91 Å². The minimum Gasteiger partial charge on any atom is -0.376 e. The van der Waals surface area contributed by atoms with Crippen molar-refractivity contribution < 1.29 is 4.79 Å². The Bertz CT molecular complexity index is 585. The molecule has 0 atom stereocenters. The van der Waals surface area contributed by atoms with Crippen LogP contribution in [0, 0.1) is 0 Å². The molecule has 116 valence electrons. The Kier molecular flexibility index (Phi) is 5.84. The van der Waals surface area contributed by atoms with Crippen LogP contribution < -0.4 is 5.32 Å². The summed E-state index contributed by atoms with van der Waals surface area (Å²) in [6.45, 7) is 1.06. The van der Waals surface area contributed by atoms with Crippen LogP contribution >= 0.6 is 12.4 Å². The fourth-order valence-corrected chi connectivity index (χ4v) is 2.42. The summed E-state index contributed by atoms with van der Waals surface area (Å²) in [4.78, 5) is 14.5. The monoisotopic (exact) mass is 316 g/mol. The summed E-state index contributed by atoms with van der Waals surface area (Å²) in [6.07, 6.45) is 2.26. The van der Waals surface area contributed by atoms with E-state index in [0.717, 1.165) is 18.5 Å². The molecule has 1 aliphatic carbocycles. The first-order valence-electron chi connectivity index (χ1n) is 7.45. The van der Waals surface area contributed by atoms with E-state index >= 15 is 0 Å². The fraction of sp³-hybridized carbons (Fsp3) is 0.278. The van der Waals surface area contributed by atoms with Gasteiger partial charge in [0, 0.05) is 18.3 Å². The number of hydrogen-bond donors (Lipinski definition) is 1. The number of para-hydroxylation sites is 1. The molecule has 4 heteroatoms. The lowest BCUT2D eigenvalue weighted by Gasteiger charge is -2.23. The van der Waals surface area contributed by atoms with Gasteiger partial charge in [-0.1, -0.05) is 48.5 Å². The quantitative estimate of drug-likeness (QED) is 0.881. The molecular formula is C18H21ClN2O. The normalized spacial score (nSPS) is 13.1. The Morgan fingerprint density at radius 1 is 1.00 bits per heavy atom. The van der Waals surface area contributed by atoms with Crippen LogP contribution in [0.5, 0.6) is 0 Å². The first-order valence-corrected chi connectivity index (χ1v) is 7.45. The van der Waals surface area contributed by atoms with Crippen molar-refractivity contribution in [1.29, 1.82) is 0 Å². The lowest BCUT2D eigenvalue weighted by molar-refractivity contribution is -0.130. The van der Waals surface area contributed by atoms with Gasteiger partial charge in [-0.3, -0.25) is 4.79 Å². The highest BCUT2D eigenvalue weighted by molar-refractivity contribution is 5.85. The molecule has 2 aromatic rings. The van der Waals surface area contributed by atoms with Crippen molar-refractivity contribution in [2.45, 2.75) is 25.4 Å². The van der Waals surface area contributed by atoms with Crippen molar-refractivity contribution in [3.8, 4) is 0 Å². The predicted molar refractivity (Wildman–Crippen MR) is 92.2 cm³/mol. The molecule has 0 aliphatic heterocycles. The van der Waals surface area contributed by atoms with Crippen molar-refractivity contribution >= 4 is 24.0 Å². The van der Waals surface area contributed by atoms with Crippen LogP contribution in [0.25, 0.3) is 0 Å². The maximum Gasteiger partial charge on any atom is 0.242 e. The number of carbonyl (C=O) groups is 1. The maximum atomic E-state index is 12.5. The minimum absolute atomic E-state index is 0. The van der Waals surface area contributed by atoms with Crippen LogP contribution in [-0.2, 0) is 11.3 Å². The van der Waals surface area contributed by atoms with Crippen LogP contribution in [0.15, 0.2) is 60.7 Å². The molecule has 0 aromatic heterocycles. The van der Waals surface area contributed by atoms with Gasteiger partial charge in [0.1, 0.15) is 0 Å². The van der Waals surface area contributed by atoms with E-state index in [9.17, 15) is 4.79 Å². The second-order valence-corrected chi connectivity index (χ2v) is 5.46. The van der Waals surface area contributed by atoms with Gasteiger partial charge in [-0.15, -0.1) is 12.4 Å². The number of anilines is 1. The van der Waals surface area contributed by atoms with Gasteiger partial charge in [0.15, 0.2) is 0 Å². The molecule has 1 amide bonds. The number of amides is 1. The first kappa shape index (κ1) is 16.4. The summed E-state index contributed by atoms with van der Waals surface area (Å²) < 4.78 is 0. The Morgan fingerprint density at radius 3 is 2.18 bits per heavy atom. The number of hydrogen-bond acceptors (Lipinski definition) is 2. The van der Waals surface area contributed by atoms with E-state index in [1.807, 2.05) is 53.4 Å². The number of nitrogens with zero attached hydrogens (tertiary/aromatic N) is 1. The molecule has 1 saturated carbocycles. The second kappa shape index (κ2) is 7.85. The lowest BCUT2D eigenvalue weighted by atomic mass is 10.2. The molecule has 1 N–H and O–H groups in total. The van der Waals surface area contributed by atoms with Crippen LogP contribution in [0.3, 0.4) is 0 Å². The van der Waals surface area contributed by atoms with Crippen molar-refractivity contribution in [1.82, 2.24) is 4.90 Å². The maximum absolute atomic E-state index is 12.5. The average molecular weight is 317 g/mol. The summed E-state index contributed by atoms with van der Waals surface area (Å²) in [5.41, 5.74) is 2.18. The number of carbonyl (C=O) groups excluding carboxylic acids is 1. The summed E-state index contributed by atoms with van der Waals surface area (Å²) in [5.74, 6) is 0.171. The SMILES string of the molecule is Cl.O=C(CNc1ccccc1)N(Cc1ccccc1)C1CC1. The summed E-state index contributed by atoms with van der Waals surface area (Å²) >= 11 is 0. The standard InChI is InChI=1S/C18H20N2O.ClH/c21-18(13-19-16-9-5-2-6-10-16)20(17-11-12-17)14-15-7-3-1-4-8-15;/h1-10,17,19H,11-14H2;1H. The largest absolute Gasteiger partial charge is 0.376 e. The molecule has 0 heterocycles. The third-order valence-electron chi connectivity index (χ3n) is 3.72. The summed E-state index contributed by atoms with van der Waals surface area (Å²) in [6, 6.07) is 20.5. The smallest absolute Gasteiger partial charge is 0.242 e. The van der Waals surface area contributed by atoms with Gasteiger partial charge in [-0.25, -0.2) is 0 Å². The third kappa shape index (κ3) is 4.50. The number of nitrogens with one attached hydrogen (secondary N) is 1. The molecule has 0 spiro atoms. The average Bonchev–Trinajstić information content (AvgIpc) is 3.37. The van der Waals surface area contributed by atoms with E-state index in [4.69, 9.17) is 0 Å². The van der Waals surface area contributed by atoms with Crippen molar-refractivity contribution in [2.75, 3.05) is 11.9 Å².